The molecule has 0 saturated carbocycles. The minimum Gasteiger partial charge on any atom is -0.372 e. The summed E-state index contributed by atoms with van der Waals surface area (Å²) in [5.74, 6) is 10.2. The molecule has 308 valence electrons. The Hall–Kier alpha value is -1.46. The van der Waals surface area contributed by atoms with Crippen molar-refractivity contribution in [2.24, 2.45) is 0 Å². The third-order valence-corrected chi connectivity index (χ3v) is 13.0. The summed E-state index contributed by atoms with van der Waals surface area (Å²) in [6, 6.07) is 13.2. The van der Waals surface area contributed by atoms with E-state index >= 15 is 0 Å². The van der Waals surface area contributed by atoms with Gasteiger partial charge < -0.3 is 4.90 Å². The van der Waals surface area contributed by atoms with Crippen molar-refractivity contribution in [3.8, 4) is 23.3 Å². The monoisotopic (exact) mass is 893 g/mol. The molecule has 55 heavy (non-hydrogen) atoms. The zero-order valence-electron chi connectivity index (χ0n) is 36.4. The second-order valence-electron chi connectivity index (χ2n) is 17.3. The molecule has 0 saturated heterocycles. The maximum absolute atomic E-state index is 3.75. The molecule has 0 amide bonds. The highest BCUT2D eigenvalue weighted by molar-refractivity contribution is 9.11. The van der Waals surface area contributed by atoms with Crippen molar-refractivity contribution in [1.29, 1.82) is 0 Å². The number of unbranched alkanes of at least 4 members (excludes halogenated alkanes) is 26. The Morgan fingerprint density at radius 1 is 0.436 bits per heavy atom. The lowest BCUT2D eigenvalue weighted by atomic mass is 10.0. The van der Waals surface area contributed by atoms with Gasteiger partial charge in [-0.05, 0) is 81.1 Å². The first-order valence-corrected chi connectivity index (χ1v) is 28.2. The van der Waals surface area contributed by atoms with Crippen molar-refractivity contribution < 1.29 is 0 Å². The molecule has 1 nitrogen and oxygen atoms in total. The van der Waals surface area contributed by atoms with E-state index in [2.05, 4.69) is 130 Å². The summed E-state index contributed by atoms with van der Waals surface area (Å²) >= 11 is 7.48. The average molecular weight is 896 g/mol. The Labute approximate surface area is 360 Å². The van der Waals surface area contributed by atoms with Crippen LogP contribution in [0.25, 0.3) is 0 Å². The van der Waals surface area contributed by atoms with Crippen molar-refractivity contribution in [3.63, 3.8) is 0 Å². The summed E-state index contributed by atoms with van der Waals surface area (Å²) < 4.78 is 2.00. The van der Waals surface area contributed by atoms with Gasteiger partial charge in [0, 0.05) is 44.4 Å². The van der Waals surface area contributed by atoms with Crippen LogP contribution in [0, 0.1) is 23.3 Å². The number of halogens is 2. The maximum Gasteiger partial charge on any atom is 0.129 e. The van der Waals surface area contributed by atoms with E-state index in [1.165, 1.54) is 185 Å². The van der Waals surface area contributed by atoms with E-state index in [0.717, 1.165) is 38.7 Å². The van der Waals surface area contributed by atoms with E-state index in [0.29, 0.717) is 0 Å². The highest BCUT2D eigenvalue weighted by Crippen LogP contribution is 2.26. The van der Waals surface area contributed by atoms with Crippen LogP contribution < -0.4 is 4.90 Å². The predicted molar refractivity (Wildman–Crippen MR) is 257 cm³/mol. The average Bonchev–Trinajstić information content (AvgIpc) is 3.16. The molecule has 0 atom stereocenters. The van der Waals surface area contributed by atoms with Crippen LogP contribution >= 0.6 is 31.9 Å². The molecule has 4 heteroatoms. The summed E-state index contributed by atoms with van der Waals surface area (Å²) in [5.41, 5.74) is 7.87. The molecular weight excluding hydrogens is 814 g/mol. The third kappa shape index (κ3) is 26.2. The third-order valence-electron chi connectivity index (χ3n) is 10.8. The van der Waals surface area contributed by atoms with Gasteiger partial charge in [-0.15, -0.1) is 5.54 Å². The lowest BCUT2D eigenvalue weighted by Crippen LogP contribution is -2.25. The molecule has 0 fully saturated rings. The predicted octanol–water partition coefficient (Wildman–Crippen LogP) is 17.6. The van der Waals surface area contributed by atoms with Gasteiger partial charge in [0.15, 0.2) is 0 Å². The van der Waals surface area contributed by atoms with Gasteiger partial charge in [-0.1, -0.05) is 218 Å². The van der Waals surface area contributed by atoms with E-state index < -0.39 is 8.07 Å². The fourth-order valence-electron chi connectivity index (χ4n) is 7.25. The molecular formula is C51H81Br2NSi. The van der Waals surface area contributed by atoms with Crippen molar-refractivity contribution in [3.05, 3.63) is 62.0 Å². The normalized spacial score (nSPS) is 11.3. The number of benzene rings is 2. The lowest BCUT2D eigenvalue weighted by molar-refractivity contribution is 0.529. The minimum atomic E-state index is -1.44. The molecule has 0 unspecified atom stereocenters. The first-order chi connectivity index (χ1) is 26.7. The Morgan fingerprint density at radius 2 is 0.764 bits per heavy atom. The molecule has 2 aromatic rings. The quantitative estimate of drug-likeness (QED) is 0.0414. The summed E-state index contributed by atoms with van der Waals surface area (Å²) in [6.45, 7) is 13.8. The van der Waals surface area contributed by atoms with Crippen LogP contribution in [-0.4, -0.2) is 21.2 Å². The molecule has 0 aliphatic rings. The highest BCUT2D eigenvalue weighted by Gasteiger charge is 2.10. The van der Waals surface area contributed by atoms with Gasteiger partial charge in [0.1, 0.15) is 8.07 Å². The van der Waals surface area contributed by atoms with Crippen molar-refractivity contribution in [2.45, 2.75) is 213 Å². The topological polar surface area (TPSA) is 3.24 Å². The molecule has 0 heterocycles. The Morgan fingerprint density at radius 3 is 1.11 bits per heavy atom. The maximum atomic E-state index is 3.75. The standard InChI is InChI=1S/C51H81Br2NSi/c1-6-8-10-12-14-16-18-20-22-24-26-28-30-32-41-54(42-33-31-29-27-25-23-21-19-17-15-13-11-9-7-2)49-38-35-46(36-39-49)34-37-47-44-51(53)48(45-50(47)52)40-43-55(3,4)5/h35-36,38-39,44-45H,6-33,41-42H2,1-5H3. The van der Waals surface area contributed by atoms with E-state index in [4.69, 9.17) is 0 Å². The number of hydrogen-bond acceptors (Lipinski definition) is 1. The van der Waals surface area contributed by atoms with Crippen LogP contribution in [0.4, 0.5) is 5.69 Å². The van der Waals surface area contributed by atoms with Gasteiger partial charge in [0.2, 0.25) is 0 Å². The van der Waals surface area contributed by atoms with Gasteiger partial charge in [0.05, 0.1) is 0 Å². The second-order valence-corrected chi connectivity index (χ2v) is 23.7. The van der Waals surface area contributed by atoms with Gasteiger partial charge in [0.25, 0.3) is 0 Å². The Balaban J connectivity index is 1.83. The van der Waals surface area contributed by atoms with Gasteiger partial charge >= 0.3 is 0 Å². The smallest absolute Gasteiger partial charge is 0.129 e. The lowest BCUT2D eigenvalue weighted by Gasteiger charge is -2.25. The van der Waals surface area contributed by atoms with Crippen LogP contribution in [0.5, 0.6) is 0 Å². The molecule has 0 aromatic heterocycles. The summed E-state index contributed by atoms with van der Waals surface area (Å²) in [7, 11) is -1.44. The summed E-state index contributed by atoms with van der Waals surface area (Å²) in [5, 5.41) is 0. The van der Waals surface area contributed by atoms with Crippen LogP contribution in [-0.2, 0) is 0 Å². The van der Waals surface area contributed by atoms with Crippen molar-refractivity contribution in [1.82, 2.24) is 0 Å². The van der Waals surface area contributed by atoms with E-state index in [9.17, 15) is 0 Å². The Bertz CT molecular complexity index is 1340. The second kappa shape index (κ2) is 32.5. The van der Waals surface area contributed by atoms with E-state index in [-0.39, 0.29) is 0 Å². The van der Waals surface area contributed by atoms with Crippen LogP contribution in [0.2, 0.25) is 19.6 Å². The zero-order chi connectivity index (χ0) is 39.8. The first-order valence-electron chi connectivity index (χ1n) is 23.1. The molecule has 2 rings (SSSR count). The van der Waals surface area contributed by atoms with Gasteiger partial charge in [-0.2, -0.15) is 0 Å². The minimum absolute atomic E-state index is 0.978. The fourth-order valence-corrected chi connectivity index (χ4v) is 8.65. The largest absolute Gasteiger partial charge is 0.372 e. The molecule has 0 aliphatic carbocycles. The highest BCUT2D eigenvalue weighted by atomic mass is 79.9. The molecule has 0 radical (unpaired) electrons. The molecule has 0 spiro atoms. The molecule has 0 aliphatic heterocycles. The van der Waals surface area contributed by atoms with Gasteiger partial charge in [-0.3, -0.25) is 0 Å². The fraction of sp³-hybridized carbons (Fsp3) is 0.686. The molecule has 0 N–H and O–H groups in total. The molecule has 0 bridgehead atoms. The number of nitrogens with zero attached hydrogens (tertiary/aromatic N) is 1. The number of hydrogen-bond donors (Lipinski definition) is 0. The van der Waals surface area contributed by atoms with Crippen LogP contribution in [0.15, 0.2) is 45.3 Å². The SMILES string of the molecule is CCCCCCCCCCCCCCCCN(CCCCCCCCCCCCCCCC)c1ccc(C#Cc2cc(Br)c(C#C[Si](C)(C)C)cc2Br)cc1. The molecule has 2 aromatic carbocycles. The number of rotatable bonds is 31. The summed E-state index contributed by atoms with van der Waals surface area (Å²) in [4.78, 5) is 2.66. The number of anilines is 1. The van der Waals surface area contributed by atoms with Crippen LogP contribution in [0.3, 0.4) is 0 Å². The van der Waals surface area contributed by atoms with Crippen LogP contribution in [0.1, 0.15) is 210 Å². The van der Waals surface area contributed by atoms with Gasteiger partial charge in [-0.25, -0.2) is 0 Å². The van der Waals surface area contributed by atoms with E-state index in [1.807, 2.05) is 0 Å². The van der Waals surface area contributed by atoms with Crippen molar-refractivity contribution >= 4 is 45.6 Å². The van der Waals surface area contributed by atoms with E-state index in [1.54, 1.807) is 0 Å². The van der Waals surface area contributed by atoms with Crippen molar-refractivity contribution in [2.75, 3.05) is 18.0 Å². The zero-order valence-corrected chi connectivity index (χ0v) is 40.6. The first kappa shape index (κ1) is 49.7. The Kier molecular flexibility index (Phi) is 29.3. The summed E-state index contributed by atoms with van der Waals surface area (Å²) in [6.07, 6.45) is 39.5.